The summed E-state index contributed by atoms with van der Waals surface area (Å²) in [5.41, 5.74) is 6.08. The first-order chi connectivity index (χ1) is 8.54. The van der Waals surface area contributed by atoms with Crippen LogP contribution in [0.2, 0.25) is 0 Å². The number of esters is 1. The van der Waals surface area contributed by atoms with Gasteiger partial charge in [-0.25, -0.2) is 0 Å². The predicted molar refractivity (Wildman–Crippen MR) is 72.3 cm³/mol. The molecule has 0 unspecified atom stereocenters. The second-order valence-corrected chi connectivity index (χ2v) is 4.72. The Bertz CT molecular complexity index is 570. The van der Waals surface area contributed by atoms with Crippen molar-refractivity contribution in [1.82, 2.24) is 0 Å². The molecule has 0 amide bonds. The maximum Gasteiger partial charge on any atom is 0.325 e. The van der Waals surface area contributed by atoms with E-state index in [0.29, 0.717) is 6.42 Å². The minimum atomic E-state index is -1.00. The molecule has 0 spiro atoms. The molecule has 0 heterocycles. The minimum absolute atomic E-state index is 0.393. The summed E-state index contributed by atoms with van der Waals surface area (Å²) in [5.74, 6) is -0.393. The van der Waals surface area contributed by atoms with Crippen molar-refractivity contribution in [2.75, 3.05) is 7.11 Å². The Labute approximate surface area is 107 Å². The highest BCUT2D eigenvalue weighted by atomic mass is 16.5. The molecule has 0 saturated heterocycles. The molecule has 0 saturated carbocycles. The summed E-state index contributed by atoms with van der Waals surface area (Å²) in [6.45, 7) is 1.70. The lowest BCUT2D eigenvalue weighted by atomic mass is 9.91. The average molecular weight is 243 g/mol. The Balaban J connectivity index is 2.41. The largest absolute Gasteiger partial charge is 0.468 e. The molecule has 3 heteroatoms. The molecule has 0 fully saturated rings. The van der Waals surface area contributed by atoms with E-state index in [2.05, 4.69) is 0 Å². The van der Waals surface area contributed by atoms with Gasteiger partial charge >= 0.3 is 5.97 Å². The van der Waals surface area contributed by atoms with Crippen LogP contribution in [0.4, 0.5) is 0 Å². The maximum atomic E-state index is 11.6. The molecular weight excluding hydrogens is 226 g/mol. The van der Waals surface area contributed by atoms with E-state index in [0.717, 1.165) is 16.3 Å². The lowest BCUT2D eigenvalue weighted by molar-refractivity contribution is -0.146. The van der Waals surface area contributed by atoms with Gasteiger partial charge in [-0.15, -0.1) is 0 Å². The fourth-order valence-corrected chi connectivity index (χ4v) is 2.15. The summed E-state index contributed by atoms with van der Waals surface area (Å²) >= 11 is 0. The van der Waals surface area contributed by atoms with Crippen LogP contribution in [0.15, 0.2) is 42.5 Å². The summed E-state index contributed by atoms with van der Waals surface area (Å²) in [5, 5.41) is 2.27. The molecule has 2 aromatic carbocycles. The van der Waals surface area contributed by atoms with Gasteiger partial charge in [-0.05, 0) is 23.3 Å². The van der Waals surface area contributed by atoms with Gasteiger partial charge in [0.05, 0.1) is 7.11 Å². The zero-order valence-electron chi connectivity index (χ0n) is 10.6. The molecule has 18 heavy (non-hydrogen) atoms. The molecule has 94 valence electrons. The van der Waals surface area contributed by atoms with Crippen molar-refractivity contribution in [3.8, 4) is 0 Å². The van der Waals surface area contributed by atoms with E-state index in [-0.39, 0.29) is 0 Å². The van der Waals surface area contributed by atoms with Crippen molar-refractivity contribution >= 4 is 16.7 Å². The molecule has 1 atom stereocenters. The van der Waals surface area contributed by atoms with Gasteiger partial charge in [0.2, 0.25) is 0 Å². The molecule has 0 aromatic heterocycles. The van der Waals surface area contributed by atoms with E-state index in [1.54, 1.807) is 6.92 Å². The van der Waals surface area contributed by atoms with E-state index in [1.807, 2.05) is 42.5 Å². The number of fused-ring (bicyclic) bond motifs is 1. The van der Waals surface area contributed by atoms with Gasteiger partial charge in [0.15, 0.2) is 0 Å². The van der Waals surface area contributed by atoms with E-state index >= 15 is 0 Å². The SMILES string of the molecule is COC(=O)[C@@](C)(N)Cc1cccc2ccccc12. The third-order valence-electron chi connectivity index (χ3n) is 3.09. The highest BCUT2D eigenvalue weighted by Gasteiger charge is 2.30. The Morgan fingerprint density at radius 1 is 1.22 bits per heavy atom. The zero-order valence-corrected chi connectivity index (χ0v) is 10.6. The van der Waals surface area contributed by atoms with E-state index < -0.39 is 11.5 Å². The third-order valence-corrected chi connectivity index (χ3v) is 3.09. The summed E-state index contributed by atoms with van der Waals surface area (Å²) in [6, 6.07) is 14.1. The monoisotopic (exact) mass is 243 g/mol. The van der Waals surface area contributed by atoms with E-state index in [9.17, 15) is 4.79 Å². The number of hydrogen-bond acceptors (Lipinski definition) is 3. The van der Waals surface area contributed by atoms with Crippen molar-refractivity contribution in [2.45, 2.75) is 18.9 Å². The Kier molecular flexibility index (Phi) is 3.34. The quantitative estimate of drug-likeness (QED) is 0.841. The number of ether oxygens (including phenoxy) is 1. The van der Waals surface area contributed by atoms with Crippen LogP contribution in [0, 0.1) is 0 Å². The van der Waals surface area contributed by atoms with Crippen LogP contribution in [0.3, 0.4) is 0 Å². The molecule has 2 rings (SSSR count). The van der Waals surface area contributed by atoms with E-state index in [4.69, 9.17) is 10.5 Å². The van der Waals surface area contributed by atoms with Crippen molar-refractivity contribution in [3.05, 3.63) is 48.0 Å². The second-order valence-electron chi connectivity index (χ2n) is 4.72. The molecule has 0 radical (unpaired) electrons. The van der Waals surface area contributed by atoms with Crippen LogP contribution >= 0.6 is 0 Å². The van der Waals surface area contributed by atoms with Crippen LogP contribution in [-0.2, 0) is 16.0 Å². The number of carbonyl (C=O) groups is 1. The van der Waals surface area contributed by atoms with Crippen molar-refractivity contribution in [2.24, 2.45) is 5.73 Å². The summed E-state index contributed by atoms with van der Waals surface area (Å²) < 4.78 is 4.74. The van der Waals surface area contributed by atoms with Gasteiger partial charge in [-0.2, -0.15) is 0 Å². The number of carbonyl (C=O) groups excluding carboxylic acids is 1. The Morgan fingerprint density at radius 2 is 1.89 bits per heavy atom. The predicted octanol–water partition coefficient (Wildman–Crippen LogP) is 2.27. The standard InChI is InChI=1S/C15H17NO2/c1-15(16,14(17)18-2)10-12-8-5-7-11-6-3-4-9-13(11)12/h3-9H,10,16H2,1-2H3/t15-/m0/s1. The minimum Gasteiger partial charge on any atom is -0.468 e. The fraction of sp³-hybridized carbons (Fsp3) is 0.267. The normalized spacial score (nSPS) is 14.2. The Hall–Kier alpha value is -1.87. The first kappa shape index (κ1) is 12.6. The Morgan fingerprint density at radius 3 is 2.61 bits per heavy atom. The van der Waals surface area contributed by atoms with Crippen LogP contribution in [0.25, 0.3) is 10.8 Å². The van der Waals surface area contributed by atoms with Crippen LogP contribution in [0.5, 0.6) is 0 Å². The number of rotatable bonds is 3. The van der Waals surface area contributed by atoms with E-state index in [1.165, 1.54) is 7.11 Å². The van der Waals surface area contributed by atoms with Gasteiger partial charge in [0.25, 0.3) is 0 Å². The highest BCUT2D eigenvalue weighted by molar-refractivity contribution is 5.87. The van der Waals surface area contributed by atoms with Gasteiger partial charge in [-0.1, -0.05) is 42.5 Å². The number of nitrogens with two attached hydrogens (primary N) is 1. The van der Waals surface area contributed by atoms with Gasteiger partial charge in [-0.3, -0.25) is 4.79 Å². The molecular formula is C15H17NO2. The molecule has 2 aromatic rings. The molecule has 3 nitrogen and oxygen atoms in total. The van der Waals surface area contributed by atoms with Gasteiger partial charge in [0, 0.05) is 6.42 Å². The maximum absolute atomic E-state index is 11.6. The number of benzene rings is 2. The molecule has 2 N–H and O–H groups in total. The fourth-order valence-electron chi connectivity index (χ4n) is 2.15. The van der Waals surface area contributed by atoms with Gasteiger partial charge < -0.3 is 10.5 Å². The molecule has 0 aliphatic heterocycles. The molecule has 0 aliphatic carbocycles. The average Bonchev–Trinajstić information content (AvgIpc) is 2.38. The first-order valence-corrected chi connectivity index (χ1v) is 5.88. The van der Waals surface area contributed by atoms with Crippen molar-refractivity contribution in [1.29, 1.82) is 0 Å². The summed E-state index contributed by atoms with van der Waals surface area (Å²) in [4.78, 5) is 11.6. The first-order valence-electron chi connectivity index (χ1n) is 5.88. The lowest BCUT2D eigenvalue weighted by Gasteiger charge is -2.22. The molecule has 0 bridgehead atoms. The second kappa shape index (κ2) is 4.78. The number of methoxy groups -OCH3 is 1. The van der Waals surface area contributed by atoms with Gasteiger partial charge in [0.1, 0.15) is 5.54 Å². The van der Waals surface area contributed by atoms with Crippen molar-refractivity contribution in [3.63, 3.8) is 0 Å². The van der Waals surface area contributed by atoms with Crippen LogP contribution in [-0.4, -0.2) is 18.6 Å². The highest BCUT2D eigenvalue weighted by Crippen LogP contribution is 2.22. The summed E-state index contributed by atoms with van der Waals surface area (Å²) in [7, 11) is 1.36. The lowest BCUT2D eigenvalue weighted by Crippen LogP contribution is -2.47. The third kappa shape index (κ3) is 2.36. The zero-order chi connectivity index (χ0) is 13.2. The molecule has 0 aliphatic rings. The summed E-state index contributed by atoms with van der Waals surface area (Å²) in [6.07, 6.45) is 0.459. The topological polar surface area (TPSA) is 52.3 Å². The van der Waals surface area contributed by atoms with Crippen molar-refractivity contribution < 1.29 is 9.53 Å². The smallest absolute Gasteiger partial charge is 0.325 e. The number of hydrogen-bond donors (Lipinski definition) is 1. The van der Waals surface area contributed by atoms with Crippen LogP contribution in [0.1, 0.15) is 12.5 Å². The van der Waals surface area contributed by atoms with Crippen LogP contribution < -0.4 is 5.73 Å².